The van der Waals surface area contributed by atoms with E-state index in [1.54, 1.807) is 0 Å². The monoisotopic (exact) mass is 270 g/mol. The predicted molar refractivity (Wildman–Crippen MR) is 76.4 cm³/mol. The number of carboxylic acids is 1. The Labute approximate surface area is 113 Å². The quantitative estimate of drug-likeness (QED) is 0.749. The van der Waals surface area contributed by atoms with Gasteiger partial charge in [0.1, 0.15) is 5.82 Å². The summed E-state index contributed by atoms with van der Waals surface area (Å²) in [5.41, 5.74) is 7.05. The number of nitrogen functional groups attached to an aromatic ring is 1. The van der Waals surface area contributed by atoms with E-state index in [9.17, 15) is 9.90 Å². The Hall–Kier alpha value is -2.40. The Kier molecular flexibility index (Phi) is 2.68. The zero-order chi connectivity index (χ0) is 13.4. The summed E-state index contributed by atoms with van der Waals surface area (Å²) in [6.45, 7) is 0. The molecule has 0 amide bonds. The molecule has 0 unspecified atom stereocenters. The van der Waals surface area contributed by atoms with Gasteiger partial charge in [-0.25, -0.2) is 9.78 Å². The van der Waals surface area contributed by atoms with E-state index in [0.717, 1.165) is 15.1 Å². The molecular weight excluding hydrogens is 260 g/mol. The number of benzene rings is 1. The van der Waals surface area contributed by atoms with E-state index in [0.29, 0.717) is 11.2 Å². The van der Waals surface area contributed by atoms with Gasteiger partial charge in [0.05, 0.1) is 10.3 Å². The van der Waals surface area contributed by atoms with Crippen LogP contribution in [0.25, 0.3) is 20.5 Å². The lowest BCUT2D eigenvalue weighted by Crippen LogP contribution is -1.99. The Balaban J connectivity index is 2.29. The second kappa shape index (κ2) is 4.37. The molecular formula is C14H10N2O2S. The Morgan fingerprint density at radius 1 is 1.26 bits per heavy atom. The van der Waals surface area contributed by atoms with Gasteiger partial charge in [0.25, 0.3) is 0 Å². The number of thiophene rings is 1. The molecule has 3 rings (SSSR count). The fourth-order valence-electron chi connectivity index (χ4n) is 1.96. The van der Waals surface area contributed by atoms with E-state index in [1.165, 1.54) is 17.5 Å². The Morgan fingerprint density at radius 2 is 2.00 bits per heavy atom. The maximum atomic E-state index is 11.2. The zero-order valence-corrected chi connectivity index (χ0v) is 10.6. The highest BCUT2D eigenvalue weighted by molar-refractivity contribution is 7.22. The van der Waals surface area contributed by atoms with Crippen LogP contribution in [-0.4, -0.2) is 16.1 Å². The standard InChI is InChI=1S/C14H10N2O2S/c15-13-12-9(10(7-16-13)14(17)18)6-11(19-12)8-4-2-1-3-5-8/h1-7H,(H2,15,16)(H,17,18). The molecule has 0 saturated heterocycles. The number of hydrogen-bond acceptors (Lipinski definition) is 4. The molecule has 0 aliphatic heterocycles. The topological polar surface area (TPSA) is 76.2 Å². The maximum absolute atomic E-state index is 11.2. The third-order valence-corrected chi connectivity index (χ3v) is 4.08. The Morgan fingerprint density at radius 3 is 2.68 bits per heavy atom. The van der Waals surface area contributed by atoms with Crippen LogP contribution in [0.4, 0.5) is 5.82 Å². The normalized spacial score (nSPS) is 10.7. The molecule has 2 heterocycles. The highest BCUT2D eigenvalue weighted by atomic mass is 32.1. The van der Waals surface area contributed by atoms with Crippen molar-refractivity contribution in [1.29, 1.82) is 0 Å². The number of pyridine rings is 1. The summed E-state index contributed by atoms with van der Waals surface area (Å²) in [5, 5.41) is 9.82. The van der Waals surface area contributed by atoms with E-state index in [-0.39, 0.29) is 5.56 Å². The minimum atomic E-state index is -0.991. The third kappa shape index (κ3) is 1.94. The van der Waals surface area contributed by atoms with Crippen molar-refractivity contribution >= 4 is 33.2 Å². The number of carboxylic acid groups (broad SMARTS) is 1. The lowest BCUT2D eigenvalue weighted by Gasteiger charge is -1.98. The molecule has 2 aromatic heterocycles. The number of carbonyl (C=O) groups is 1. The molecule has 3 aromatic rings. The van der Waals surface area contributed by atoms with Gasteiger partial charge in [-0.2, -0.15) is 0 Å². The number of anilines is 1. The average Bonchev–Trinajstić information content (AvgIpc) is 2.85. The average molecular weight is 270 g/mol. The van der Waals surface area contributed by atoms with Gasteiger partial charge >= 0.3 is 5.97 Å². The predicted octanol–water partition coefficient (Wildman–Crippen LogP) is 3.24. The van der Waals surface area contributed by atoms with Crippen LogP contribution >= 0.6 is 11.3 Å². The van der Waals surface area contributed by atoms with E-state index in [2.05, 4.69) is 4.98 Å². The van der Waals surface area contributed by atoms with Crippen LogP contribution in [0.15, 0.2) is 42.6 Å². The van der Waals surface area contributed by atoms with Gasteiger partial charge in [-0.1, -0.05) is 30.3 Å². The molecule has 0 aliphatic rings. The second-order valence-corrected chi connectivity index (χ2v) is 5.13. The molecule has 4 nitrogen and oxygen atoms in total. The van der Waals surface area contributed by atoms with Crippen LogP contribution < -0.4 is 5.73 Å². The van der Waals surface area contributed by atoms with Crippen LogP contribution in [0.5, 0.6) is 0 Å². The van der Waals surface area contributed by atoms with Gasteiger partial charge in [0, 0.05) is 16.5 Å². The highest BCUT2D eigenvalue weighted by Gasteiger charge is 2.15. The number of rotatable bonds is 2. The highest BCUT2D eigenvalue weighted by Crippen LogP contribution is 2.37. The fourth-order valence-corrected chi connectivity index (χ4v) is 3.05. The fraction of sp³-hybridized carbons (Fsp3) is 0. The van der Waals surface area contributed by atoms with Crippen LogP contribution in [0.1, 0.15) is 10.4 Å². The first-order chi connectivity index (χ1) is 9.16. The van der Waals surface area contributed by atoms with Crippen molar-refractivity contribution in [3.8, 4) is 10.4 Å². The molecule has 3 N–H and O–H groups in total. The molecule has 0 fully saturated rings. The largest absolute Gasteiger partial charge is 0.478 e. The first-order valence-electron chi connectivity index (χ1n) is 5.63. The summed E-state index contributed by atoms with van der Waals surface area (Å²) in [5.74, 6) is -0.623. The van der Waals surface area contributed by atoms with Crippen molar-refractivity contribution in [2.45, 2.75) is 0 Å². The van der Waals surface area contributed by atoms with Gasteiger partial charge in [-0.15, -0.1) is 11.3 Å². The molecule has 0 bridgehead atoms. The van der Waals surface area contributed by atoms with Gasteiger partial charge in [0.2, 0.25) is 0 Å². The summed E-state index contributed by atoms with van der Waals surface area (Å²) in [4.78, 5) is 16.1. The van der Waals surface area contributed by atoms with Crippen molar-refractivity contribution in [3.63, 3.8) is 0 Å². The smallest absolute Gasteiger partial charge is 0.337 e. The van der Waals surface area contributed by atoms with E-state index < -0.39 is 5.97 Å². The molecule has 19 heavy (non-hydrogen) atoms. The van der Waals surface area contributed by atoms with Crippen molar-refractivity contribution in [1.82, 2.24) is 4.98 Å². The summed E-state index contributed by atoms with van der Waals surface area (Å²) in [7, 11) is 0. The first-order valence-corrected chi connectivity index (χ1v) is 6.45. The van der Waals surface area contributed by atoms with Gasteiger partial charge in [-0.05, 0) is 11.6 Å². The van der Waals surface area contributed by atoms with Crippen LogP contribution in [-0.2, 0) is 0 Å². The van der Waals surface area contributed by atoms with Gasteiger partial charge < -0.3 is 10.8 Å². The number of hydrogen-bond donors (Lipinski definition) is 2. The molecule has 0 atom stereocenters. The SMILES string of the molecule is Nc1ncc(C(=O)O)c2cc(-c3ccccc3)sc12. The van der Waals surface area contributed by atoms with E-state index >= 15 is 0 Å². The lowest BCUT2D eigenvalue weighted by atomic mass is 10.1. The number of nitrogens with zero attached hydrogens (tertiary/aromatic N) is 1. The van der Waals surface area contributed by atoms with Crippen molar-refractivity contribution in [3.05, 3.63) is 48.2 Å². The van der Waals surface area contributed by atoms with E-state index in [4.69, 9.17) is 5.73 Å². The summed E-state index contributed by atoms with van der Waals surface area (Å²) in [6.07, 6.45) is 1.31. The number of aromatic nitrogens is 1. The number of fused-ring (bicyclic) bond motifs is 1. The minimum Gasteiger partial charge on any atom is -0.478 e. The van der Waals surface area contributed by atoms with E-state index in [1.807, 2.05) is 36.4 Å². The molecule has 0 spiro atoms. The number of nitrogens with two attached hydrogens (primary N) is 1. The lowest BCUT2D eigenvalue weighted by molar-refractivity contribution is 0.0698. The third-order valence-electron chi connectivity index (χ3n) is 2.88. The first kappa shape index (κ1) is 11.7. The van der Waals surface area contributed by atoms with Crippen molar-refractivity contribution < 1.29 is 9.90 Å². The summed E-state index contributed by atoms with van der Waals surface area (Å²) >= 11 is 1.46. The van der Waals surface area contributed by atoms with Gasteiger partial charge in [-0.3, -0.25) is 0 Å². The zero-order valence-electron chi connectivity index (χ0n) is 9.83. The van der Waals surface area contributed by atoms with Gasteiger partial charge in [0.15, 0.2) is 0 Å². The van der Waals surface area contributed by atoms with Crippen LogP contribution in [0, 0.1) is 0 Å². The molecule has 0 saturated carbocycles. The second-order valence-electron chi connectivity index (χ2n) is 4.08. The molecule has 1 aromatic carbocycles. The molecule has 0 aliphatic carbocycles. The molecule has 5 heteroatoms. The number of aromatic carboxylic acids is 1. The molecule has 94 valence electrons. The van der Waals surface area contributed by atoms with Crippen LogP contribution in [0.2, 0.25) is 0 Å². The van der Waals surface area contributed by atoms with Crippen molar-refractivity contribution in [2.24, 2.45) is 0 Å². The Bertz CT molecular complexity index is 766. The van der Waals surface area contributed by atoms with Crippen LogP contribution in [0.3, 0.4) is 0 Å². The van der Waals surface area contributed by atoms with Crippen molar-refractivity contribution in [2.75, 3.05) is 5.73 Å². The summed E-state index contributed by atoms with van der Waals surface area (Å²) < 4.78 is 0.721. The molecule has 0 radical (unpaired) electrons. The summed E-state index contributed by atoms with van der Waals surface area (Å²) in [6, 6.07) is 11.6. The minimum absolute atomic E-state index is 0.183. The maximum Gasteiger partial charge on any atom is 0.337 e.